The van der Waals surface area contributed by atoms with Gasteiger partial charge >= 0.3 is 0 Å². The van der Waals surface area contributed by atoms with Crippen molar-refractivity contribution >= 4 is 0 Å². The van der Waals surface area contributed by atoms with Crippen molar-refractivity contribution in [3.63, 3.8) is 0 Å². The van der Waals surface area contributed by atoms with Crippen molar-refractivity contribution in [3.8, 4) is 0 Å². The molecule has 2 heterocycles. The van der Waals surface area contributed by atoms with E-state index in [1.165, 1.54) is 22.8 Å². The molecule has 0 radical (unpaired) electrons. The molecule has 22 heavy (non-hydrogen) atoms. The highest BCUT2D eigenvalue weighted by atomic mass is 19.1. The minimum absolute atomic E-state index is 0.165. The molecule has 114 valence electrons. The van der Waals surface area contributed by atoms with Crippen molar-refractivity contribution < 1.29 is 14.3 Å². The van der Waals surface area contributed by atoms with E-state index in [1.807, 2.05) is 12.1 Å². The Morgan fingerprint density at radius 1 is 1.05 bits per heavy atom. The van der Waals surface area contributed by atoms with Crippen LogP contribution in [0.1, 0.15) is 35.6 Å². The summed E-state index contributed by atoms with van der Waals surface area (Å²) in [5.41, 5.74) is 2.99. The predicted octanol–water partition coefficient (Wildman–Crippen LogP) is 3.63. The van der Waals surface area contributed by atoms with Crippen molar-refractivity contribution in [2.24, 2.45) is 0 Å². The first kappa shape index (κ1) is 13.9. The molecule has 0 bridgehead atoms. The Bertz CT molecular complexity index is 678. The maximum absolute atomic E-state index is 13.2. The third-order valence-corrected chi connectivity index (χ3v) is 4.80. The number of hydrogen-bond acceptors (Lipinski definition) is 3. The maximum atomic E-state index is 13.2. The quantitative estimate of drug-likeness (QED) is 0.873. The van der Waals surface area contributed by atoms with Gasteiger partial charge < -0.3 is 9.94 Å². The van der Waals surface area contributed by atoms with E-state index in [0.717, 1.165) is 24.0 Å². The molecule has 1 saturated heterocycles. The van der Waals surface area contributed by atoms with Gasteiger partial charge in [0.15, 0.2) is 0 Å². The van der Waals surface area contributed by atoms with Gasteiger partial charge in [-0.2, -0.15) is 5.06 Å². The monoisotopic (exact) mass is 299 g/mol. The van der Waals surface area contributed by atoms with Crippen LogP contribution in [0.4, 0.5) is 4.39 Å². The molecule has 1 atom stereocenters. The van der Waals surface area contributed by atoms with Crippen molar-refractivity contribution in [1.82, 2.24) is 5.06 Å². The van der Waals surface area contributed by atoms with E-state index >= 15 is 0 Å². The molecule has 3 nitrogen and oxygen atoms in total. The van der Waals surface area contributed by atoms with E-state index in [1.54, 1.807) is 12.1 Å². The van der Waals surface area contributed by atoms with Gasteiger partial charge in [-0.3, -0.25) is 0 Å². The Kier molecular flexibility index (Phi) is 3.26. The fourth-order valence-electron chi connectivity index (χ4n) is 3.62. The lowest BCUT2D eigenvalue weighted by atomic mass is 9.83. The van der Waals surface area contributed by atoms with Crippen molar-refractivity contribution in [3.05, 3.63) is 71.0 Å². The Hall–Kier alpha value is -1.75. The zero-order valence-corrected chi connectivity index (χ0v) is 12.2. The average molecular weight is 299 g/mol. The summed E-state index contributed by atoms with van der Waals surface area (Å²) in [6.07, 6.45) is 1.36. The molecule has 0 aromatic heterocycles. The zero-order chi connectivity index (χ0) is 15.2. The van der Waals surface area contributed by atoms with Crippen LogP contribution in [0.3, 0.4) is 0 Å². The number of benzene rings is 2. The lowest BCUT2D eigenvalue weighted by molar-refractivity contribution is -0.169. The second-order valence-electron chi connectivity index (χ2n) is 6.08. The summed E-state index contributed by atoms with van der Waals surface area (Å²) in [6, 6.07) is 14.8. The van der Waals surface area contributed by atoms with E-state index < -0.39 is 0 Å². The Balaban J connectivity index is 1.75. The first-order chi connectivity index (χ1) is 10.7. The summed E-state index contributed by atoms with van der Waals surface area (Å²) in [5, 5.41) is 11.0. The molecule has 1 N–H and O–H groups in total. The van der Waals surface area contributed by atoms with Crippen LogP contribution < -0.4 is 0 Å². The summed E-state index contributed by atoms with van der Waals surface area (Å²) in [4.78, 5) is 0. The largest absolute Gasteiger partial charge is 0.358 e. The number of hydroxylamine groups is 2. The van der Waals surface area contributed by atoms with Gasteiger partial charge in [-0.15, -0.1) is 0 Å². The van der Waals surface area contributed by atoms with Crippen LogP contribution in [-0.2, 0) is 10.3 Å². The number of fused-ring (bicyclic) bond motifs is 2. The molecule has 0 unspecified atom stereocenters. The van der Waals surface area contributed by atoms with E-state index in [2.05, 4.69) is 12.1 Å². The third kappa shape index (κ3) is 2.15. The molecule has 1 spiro atoms. The van der Waals surface area contributed by atoms with Gasteiger partial charge in [-0.05, 0) is 41.7 Å². The van der Waals surface area contributed by atoms with Gasteiger partial charge in [-0.25, -0.2) is 4.39 Å². The lowest BCUT2D eigenvalue weighted by Gasteiger charge is -2.37. The minimum atomic E-state index is -0.338. The molecular formula is C18H18FNO2. The smallest absolute Gasteiger partial charge is 0.123 e. The van der Waals surface area contributed by atoms with Crippen LogP contribution in [0, 0.1) is 5.82 Å². The van der Waals surface area contributed by atoms with Gasteiger partial charge in [0.05, 0.1) is 5.60 Å². The van der Waals surface area contributed by atoms with E-state index in [4.69, 9.17) is 4.74 Å². The Morgan fingerprint density at radius 3 is 2.45 bits per heavy atom. The van der Waals surface area contributed by atoms with Gasteiger partial charge in [0.25, 0.3) is 0 Å². The first-order valence-electron chi connectivity index (χ1n) is 7.64. The number of hydrogen-bond donors (Lipinski definition) is 1. The molecule has 0 amide bonds. The van der Waals surface area contributed by atoms with E-state index in [0.29, 0.717) is 13.1 Å². The summed E-state index contributed by atoms with van der Waals surface area (Å²) in [5.74, 6) is -0.238. The summed E-state index contributed by atoms with van der Waals surface area (Å²) < 4.78 is 19.7. The van der Waals surface area contributed by atoms with Crippen molar-refractivity contribution in [2.75, 3.05) is 13.1 Å². The number of nitrogens with zero attached hydrogens (tertiary/aromatic N) is 1. The second kappa shape index (κ2) is 5.16. The SMILES string of the molecule is ON1CCC2(CC1)O[C@H](c1ccc(F)cc1)c1ccccc12. The molecule has 2 aromatic carbocycles. The second-order valence-corrected chi connectivity index (χ2v) is 6.08. The van der Waals surface area contributed by atoms with Gasteiger partial charge in [0, 0.05) is 13.1 Å². The number of halogens is 1. The summed E-state index contributed by atoms with van der Waals surface area (Å²) in [6.45, 7) is 1.20. The topological polar surface area (TPSA) is 32.7 Å². The predicted molar refractivity (Wildman–Crippen MR) is 80.0 cm³/mol. The molecule has 2 aliphatic heterocycles. The first-order valence-corrected chi connectivity index (χ1v) is 7.64. The molecular weight excluding hydrogens is 281 g/mol. The summed E-state index contributed by atoms with van der Waals surface area (Å²) in [7, 11) is 0. The molecule has 4 heteroatoms. The van der Waals surface area contributed by atoms with Crippen LogP contribution in [-0.4, -0.2) is 23.4 Å². The summed E-state index contributed by atoms with van der Waals surface area (Å²) >= 11 is 0. The van der Waals surface area contributed by atoms with Crippen LogP contribution in [0.25, 0.3) is 0 Å². The average Bonchev–Trinajstić information content (AvgIpc) is 2.87. The highest BCUT2D eigenvalue weighted by Crippen LogP contribution is 2.51. The fraction of sp³-hybridized carbons (Fsp3) is 0.333. The van der Waals surface area contributed by atoms with Crippen LogP contribution >= 0.6 is 0 Å². The Labute approximate surface area is 128 Å². The maximum Gasteiger partial charge on any atom is 0.123 e. The standard InChI is InChI=1S/C18H18FNO2/c19-14-7-5-13(6-8-14)17-15-3-1-2-4-16(15)18(22-17)9-11-20(21)12-10-18/h1-8,17,21H,9-12H2/t17-/m1/s1. The Morgan fingerprint density at radius 2 is 1.73 bits per heavy atom. The van der Waals surface area contributed by atoms with Crippen molar-refractivity contribution in [2.45, 2.75) is 24.5 Å². The molecule has 2 aromatic rings. The molecule has 2 aliphatic rings. The van der Waals surface area contributed by atoms with E-state index in [9.17, 15) is 9.60 Å². The van der Waals surface area contributed by atoms with Crippen LogP contribution in [0.5, 0.6) is 0 Å². The van der Waals surface area contributed by atoms with Gasteiger partial charge in [0.1, 0.15) is 11.9 Å². The number of piperidine rings is 1. The van der Waals surface area contributed by atoms with E-state index in [-0.39, 0.29) is 17.5 Å². The third-order valence-electron chi connectivity index (χ3n) is 4.80. The van der Waals surface area contributed by atoms with Crippen molar-refractivity contribution in [1.29, 1.82) is 0 Å². The van der Waals surface area contributed by atoms with Crippen LogP contribution in [0.2, 0.25) is 0 Å². The number of rotatable bonds is 1. The molecule has 4 rings (SSSR count). The fourth-order valence-corrected chi connectivity index (χ4v) is 3.62. The number of ether oxygens (including phenoxy) is 1. The highest BCUT2D eigenvalue weighted by Gasteiger charge is 2.46. The zero-order valence-electron chi connectivity index (χ0n) is 12.2. The van der Waals surface area contributed by atoms with Gasteiger partial charge in [-0.1, -0.05) is 36.4 Å². The molecule has 0 saturated carbocycles. The molecule has 1 fully saturated rings. The lowest BCUT2D eigenvalue weighted by Crippen LogP contribution is -2.41. The van der Waals surface area contributed by atoms with Gasteiger partial charge in [0.2, 0.25) is 0 Å². The molecule has 0 aliphatic carbocycles. The normalized spacial score (nSPS) is 23.6. The minimum Gasteiger partial charge on any atom is -0.358 e. The van der Waals surface area contributed by atoms with Crippen LogP contribution in [0.15, 0.2) is 48.5 Å². The highest BCUT2D eigenvalue weighted by molar-refractivity contribution is 5.43.